The first kappa shape index (κ1) is 16.9. The molecule has 0 aliphatic heterocycles. The minimum absolute atomic E-state index is 0.235. The number of nitrogens with one attached hydrogen (secondary N) is 1. The van der Waals surface area contributed by atoms with Crippen molar-refractivity contribution in [3.63, 3.8) is 0 Å². The van der Waals surface area contributed by atoms with Crippen LogP contribution in [0.5, 0.6) is 0 Å². The van der Waals surface area contributed by atoms with E-state index in [1.807, 2.05) is 6.92 Å². The number of hydrogen-bond donors (Lipinski definition) is 1. The number of halogens is 3. The van der Waals surface area contributed by atoms with E-state index in [-0.39, 0.29) is 4.31 Å². The molecular formula is C11H16F3N3O2S. The summed E-state index contributed by atoms with van der Waals surface area (Å²) >= 11 is 0. The summed E-state index contributed by atoms with van der Waals surface area (Å²) in [4.78, 5) is 3.72. The average Bonchev–Trinajstić information content (AvgIpc) is 2.34. The van der Waals surface area contributed by atoms with Gasteiger partial charge < -0.3 is 5.32 Å². The van der Waals surface area contributed by atoms with E-state index in [1.165, 1.54) is 18.3 Å². The number of pyridine rings is 1. The van der Waals surface area contributed by atoms with Crippen LogP contribution in [0.4, 0.5) is 13.2 Å². The average molecular weight is 311 g/mol. The summed E-state index contributed by atoms with van der Waals surface area (Å²) in [6.07, 6.45) is -3.26. The zero-order valence-corrected chi connectivity index (χ0v) is 11.9. The Morgan fingerprint density at radius 3 is 2.45 bits per heavy atom. The SMILES string of the molecule is CCNCc1ccc(S(=O)(=O)N(C)CC(F)(F)F)nc1. The van der Waals surface area contributed by atoms with Gasteiger partial charge in [-0.25, -0.2) is 13.4 Å². The maximum atomic E-state index is 12.2. The number of nitrogens with zero attached hydrogens (tertiary/aromatic N) is 2. The van der Waals surface area contributed by atoms with Gasteiger partial charge in [-0.05, 0) is 18.2 Å². The lowest BCUT2D eigenvalue weighted by Crippen LogP contribution is -2.36. The van der Waals surface area contributed by atoms with Crippen LogP contribution in [0.1, 0.15) is 12.5 Å². The third kappa shape index (κ3) is 4.73. The minimum Gasteiger partial charge on any atom is -0.313 e. The van der Waals surface area contributed by atoms with Crippen LogP contribution in [0.15, 0.2) is 23.4 Å². The van der Waals surface area contributed by atoms with E-state index in [1.54, 1.807) is 0 Å². The van der Waals surface area contributed by atoms with Crippen molar-refractivity contribution < 1.29 is 21.6 Å². The normalized spacial score (nSPS) is 12.9. The topological polar surface area (TPSA) is 62.3 Å². The first-order valence-electron chi connectivity index (χ1n) is 5.85. The molecule has 0 radical (unpaired) electrons. The van der Waals surface area contributed by atoms with Crippen LogP contribution >= 0.6 is 0 Å². The zero-order chi connectivity index (χ0) is 15.4. The molecule has 0 fully saturated rings. The minimum atomic E-state index is -4.59. The monoisotopic (exact) mass is 311 g/mol. The summed E-state index contributed by atoms with van der Waals surface area (Å²) in [6.45, 7) is 1.63. The van der Waals surface area contributed by atoms with Crippen molar-refractivity contribution >= 4 is 10.0 Å². The number of alkyl halides is 3. The number of sulfonamides is 1. The van der Waals surface area contributed by atoms with Gasteiger partial charge in [-0.3, -0.25) is 0 Å². The van der Waals surface area contributed by atoms with Gasteiger partial charge >= 0.3 is 6.18 Å². The van der Waals surface area contributed by atoms with Crippen LogP contribution < -0.4 is 5.32 Å². The highest BCUT2D eigenvalue weighted by molar-refractivity contribution is 7.89. The van der Waals surface area contributed by atoms with Crippen LogP contribution in [0, 0.1) is 0 Å². The fourth-order valence-electron chi connectivity index (χ4n) is 1.43. The van der Waals surface area contributed by atoms with E-state index in [0.29, 0.717) is 6.54 Å². The van der Waals surface area contributed by atoms with E-state index in [9.17, 15) is 21.6 Å². The summed E-state index contributed by atoms with van der Waals surface area (Å²) in [5, 5.41) is 2.63. The van der Waals surface area contributed by atoms with Gasteiger partial charge in [0.1, 0.15) is 6.54 Å². The van der Waals surface area contributed by atoms with Crippen molar-refractivity contribution in [2.75, 3.05) is 20.1 Å². The Kier molecular flexibility index (Phi) is 5.49. The van der Waals surface area contributed by atoms with Crippen LogP contribution in [0.25, 0.3) is 0 Å². The van der Waals surface area contributed by atoms with E-state index < -0.39 is 27.8 Å². The van der Waals surface area contributed by atoms with Crippen molar-refractivity contribution in [2.24, 2.45) is 0 Å². The summed E-state index contributed by atoms with van der Waals surface area (Å²) < 4.78 is 60.7. The molecule has 1 aromatic heterocycles. The molecular weight excluding hydrogens is 295 g/mol. The van der Waals surface area contributed by atoms with Crippen LogP contribution in [0.2, 0.25) is 0 Å². The number of aromatic nitrogens is 1. The quantitative estimate of drug-likeness (QED) is 0.862. The highest BCUT2D eigenvalue weighted by atomic mass is 32.2. The summed E-state index contributed by atoms with van der Waals surface area (Å²) in [5.74, 6) is 0. The number of hydrogen-bond acceptors (Lipinski definition) is 4. The summed E-state index contributed by atoms with van der Waals surface area (Å²) in [6, 6.07) is 2.72. The van der Waals surface area contributed by atoms with E-state index in [4.69, 9.17) is 0 Å². The standard InChI is InChI=1S/C11H16F3N3O2S/c1-3-15-6-9-4-5-10(16-7-9)20(18,19)17(2)8-11(12,13)14/h4-5,7,15H,3,6,8H2,1-2H3. The highest BCUT2D eigenvalue weighted by Crippen LogP contribution is 2.20. The lowest BCUT2D eigenvalue weighted by molar-refractivity contribution is -0.134. The molecule has 1 N–H and O–H groups in total. The second kappa shape index (κ2) is 6.51. The lowest BCUT2D eigenvalue weighted by Gasteiger charge is -2.18. The van der Waals surface area contributed by atoms with E-state index >= 15 is 0 Å². The maximum absolute atomic E-state index is 12.2. The third-order valence-corrected chi connectivity index (χ3v) is 4.17. The Morgan fingerprint density at radius 2 is 2.00 bits per heavy atom. The molecule has 0 unspecified atom stereocenters. The lowest BCUT2D eigenvalue weighted by atomic mass is 10.3. The van der Waals surface area contributed by atoms with Gasteiger partial charge in [0.2, 0.25) is 0 Å². The molecule has 1 aromatic rings. The largest absolute Gasteiger partial charge is 0.402 e. The zero-order valence-electron chi connectivity index (χ0n) is 11.1. The van der Waals surface area contributed by atoms with Gasteiger partial charge in [0.25, 0.3) is 10.0 Å². The number of rotatable bonds is 6. The smallest absolute Gasteiger partial charge is 0.313 e. The second-order valence-electron chi connectivity index (χ2n) is 4.16. The van der Waals surface area contributed by atoms with Gasteiger partial charge in [0, 0.05) is 19.8 Å². The molecule has 0 saturated heterocycles. The predicted octanol–water partition coefficient (Wildman–Crippen LogP) is 1.37. The van der Waals surface area contributed by atoms with Gasteiger partial charge in [-0.2, -0.15) is 17.5 Å². The maximum Gasteiger partial charge on any atom is 0.402 e. The van der Waals surface area contributed by atoms with Gasteiger partial charge in [0.15, 0.2) is 5.03 Å². The molecule has 114 valence electrons. The van der Waals surface area contributed by atoms with Crippen LogP contribution in [-0.4, -0.2) is 44.0 Å². The molecule has 0 atom stereocenters. The van der Waals surface area contributed by atoms with Crippen molar-refractivity contribution in [3.8, 4) is 0 Å². The fraction of sp³-hybridized carbons (Fsp3) is 0.545. The molecule has 5 nitrogen and oxygen atoms in total. The van der Waals surface area contributed by atoms with Crippen molar-refractivity contribution in [1.82, 2.24) is 14.6 Å². The Hall–Kier alpha value is -1.19. The summed E-state index contributed by atoms with van der Waals surface area (Å²) in [7, 11) is -3.36. The molecule has 0 saturated carbocycles. The Bertz CT molecular complexity index is 529. The molecule has 0 spiro atoms. The summed E-state index contributed by atoms with van der Waals surface area (Å²) in [5.41, 5.74) is 0.754. The van der Waals surface area contributed by atoms with Crippen LogP contribution in [-0.2, 0) is 16.6 Å². The Labute approximate surface area is 115 Å². The molecule has 0 bridgehead atoms. The Morgan fingerprint density at radius 1 is 1.35 bits per heavy atom. The molecule has 20 heavy (non-hydrogen) atoms. The first-order chi connectivity index (χ1) is 9.16. The van der Waals surface area contributed by atoms with Crippen molar-refractivity contribution in [2.45, 2.75) is 24.7 Å². The predicted molar refractivity (Wildman–Crippen MR) is 67.5 cm³/mol. The fourth-order valence-corrected chi connectivity index (χ4v) is 2.50. The highest BCUT2D eigenvalue weighted by Gasteiger charge is 2.35. The second-order valence-corrected chi connectivity index (χ2v) is 6.15. The van der Waals surface area contributed by atoms with Crippen molar-refractivity contribution in [1.29, 1.82) is 0 Å². The van der Waals surface area contributed by atoms with Crippen molar-refractivity contribution in [3.05, 3.63) is 23.9 Å². The van der Waals surface area contributed by atoms with E-state index in [2.05, 4.69) is 10.3 Å². The molecule has 0 aromatic carbocycles. The third-order valence-electron chi connectivity index (χ3n) is 2.45. The van der Waals surface area contributed by atoms with Gasteiger partial charge in [-0.1, -0.05) is 13.0 Å². The van der Waals surface area contributed by atoms with Gasteiger partial charge in [0.05, 0.1) is 0 Å². The molecule has 1 heterocycles. The van der Waals surface area contributed by atoms with Crippen LogP contribution in [0.3, 0.4) is 0 Å². The molecule has 1 rings (SSSR count). The molecule has 0 aliphatic rings. The molecule has 0 aliphatic carbocycles. The van der Waals surface area contributed by atoms with E-state index in [0.717, 1.165) is 19.2 Å². The Balaban J connectivity index is 2.87. The first-order valence-corrected chi connectivity index (χ1v) is 7.29. The molecule has 0 amide bonds. The van der Waals surface area contributed by atoms with Gasteiger partial charge in [-0.15, -0.1) is 0 Å². The molecule has 9 heteroatoms.